The van der Waals surface area contributed by atoms with E-state index in [2.05, 4.69) is 5.10 Å². The normalized spacial score (nSPS) is 30.5. The molecule has 4 N–H and O–H groups in total. The number of rotatable bonds is 0. The van der Waals surface area contributed by atoms with Gasteiger partial charge in [0.15, 0.2) is 5.72 Å². The summed E-state index contributed by atoms with van der Waals surface area (Å²) in [6.45, 7) is 3.37. The fourth-order valence-electron chi connectivity index (χ4n) is 1.19. The maximum absolute atomic E-state index is 9.59. The molecule has 1 rings (SSSR count). The summed E-state index contributed by atoms with van der Waals surface area (Å²) in [6.07, 6.45) is 0.437. The van der Waals surface area contributed by atoms with Crippen molar-refractivity contribution < 1.29 is 5.11 Å². The summed E-state index contributed by atoms with van der Waals surface area (Å²) < 4.78 is 0. The van der Waals surface area contributed by atoms with E-state index in [1.54, 1.807) is 13.8 Å². The minimum absolute atomic E-state index is 0.230. The Morgan fingerprint density at radius 3 is 2.64 bits per heavy atom. The fourth-order valence-corrected chi connectivity index (χ4v) is 1.19. The smallest absolute Gasteiger partial charge is 0.211 e. The van der Waals surface area contributed by atoms with Gasteiger partial charge in [-0.05, 0) is 13.8 Å². The second-order valence-electron chi connectivity index (χ2n) is 2.93. The summed E-state index contributed by atoms with van der Waals surface area (Å²) in [7, 11) is 0. The average molecular weight is 156 g/mol. The van der Waals surface area contributed by atoms with Gasteiger partial charge in [-0.15, -0.1) is 0 Å². The van der Waals surface area contributed by atoms with Gasteiger partial charge in [0.05, 0.1) is 0 Å². The zero-order valence-electron chi connectivity index (χ0n) is 6.63. The minimum Gasteiger partial charge on any atom is -0.369 e. The van der Waals surface area contributed by atoms with Crippen LogP contribution in [0.15, 0.2) is 5.10 Å². The third kappa shape index (κ3) is 1.32. The minimum atomic E-state index is -1.12. The van der Waals surface area contributed by atoms with Crippen LogP contribution in [0.2, 0.25) is 0 Å². The summed E-state index contributed by atoms with van der Waals surface area (Å²) >= 11 is 0. The molecule has 1 heterocycles. The number of nitrogens with one attached hydrogen (secondary N) is 1. The van der Waals surface area contributed by atoms with Gasteiger partial charge in [0.25, 0.3) is 0 Å². The van der Waals surface area contributed by atoms with E-state index in [0.717, 1.165) is 10.7 Å². The first-order valence-electron chi connectivity index (χ1n) is 3.34. The Morgan fingerprint density at radius 1 is 1.91 bits per heavy atom. The first-order valence-corrected chi connectivity index (χ1v) is 3.34. The van der Waals surface area contributed by atoms with Crippen molar-refractivity contribution >= 4 is 11.7 Å². The first kappa shape index (κ1) is 8.00. The second-order valence-corrected chi connectivity index (χ2v) is 2.93. The lowest BCUT2D eigenvalue weighted by molar-refractivity contribution is -0.0340. The summed E-state index contributed by atoms with van der Waals surface area (Å²) in [6, 6.07) is 0. The Morgan fingerprint density at radius 2 is 2.45 bits per heavy atom. The number of guanidine groups is 1. The van der Waals surface area contributed by atoms with Crippen LogP contribution in [0.25, 0.3) is 0 Å². The highest BCUT2D eigenvalue weighted by Crippen LogP contribution is 2.23. The lowest BCUT2D eigenvalue weighted by Gasteiger charge is -2.26. The third-order valence-corrected chi connectivity index (χ3v) is 1.55. The van der Waals surface area contributed by atoms with E-state index in [9.17, 15) is 5.11 Å². The zero-order chi connectivity index (χ0) is 8.65. The van der Waals surface area contributed by atoms with Crippen LogP contribution in [0, 0.1) is 5.41 Å². The lowest BCUT2D eigenvalue weighted by Crippen LogP contribution is -2.46. The summed E-state index contributed by atoms with van der Waals surface area (Å²) in [5, 5.41) is 21.7. The molecule has 11 heavy (non-hydrogen) atoms. The van der Waals surface area contributed by atoms with Crippen molar-refractivity contribution in [3.05, 3.63) is 0 Å². The van der Waals surface area contributed by atoms with Crippen LogP contribution in [0.4, 0.5) is 0 Å². The molecule has 0 aromatic carbocycles. The van der Waals surface area contributed by atoms with Crippen molar-refractivity contribution in [2.75, 3.05) is 0 Å². The van der Waals surface area contributed by atoms with Crippen molar-refractivity contribution in [1.82, 2.24) is 5.01 Å². The molecule has 0 saturated carbocycles. The van der Waals surface area contributed by atoms with Crippen molar-refractivity contribution in [2.24, 2.45) is 10.8 Å². The molecule has 0 amide bonds. The molecule has 5 nitrogen and oxygen atoms in total. The SMILES string of the molecule is CC1=NN(C(=N)N)C(C)(O)C1. The van der Waals surface area contributed by atoms with Gasteiger partial charge in [-0.3, -0.25) is 5.41 Å². The van der Waals surface area contributed by atoms with Crippen molar-refractivity contribution in [3.8, 4) is 0 Å². The molecule has 0 aromatic heterocycles. The van der Waals surface area contributed by atoms with E-state index in [0.29, 0.717) is 6.42 Å². The van der Waals surface area contributed by atoms with Crippen LogP contribution in [0.1, 0.15) is 20.3 Å². The third-order valence-electron chi connectivity index (χ3n) is 1.55. The Labute approximate surface area is 65.0 Å². The van der Waals surface area contributed by atoms with Gasteiger partial charge in [0.1, 0.15) is 0 Å². The van der Waals surface area contributed by atoms with Gasteiger partial charge in [-0.2, -0.15) is 5.10 Å². The van der Waals surface area contributed by atoms with Crippen molar-refractivity contribution in [3.63, 3.8) is 0 Å². The fraction of sp³-hybridized carbons (Fsp3) is 0.667. The van der Waals surface area contributed by atoms with E-state index in [1.165, 1.54) is 0 Å². The molecule has 1 unspecified atom stereocenters. The topological polar surface area (TPSA) is 85.7 Å². The number of nitrogens with two attached hydrogens (primary N) is 1. The van der Waals surface area contributed by atoms with Crippen LogP contribution in [-0.4, -0.2) is 27.5 Å². The molecule has 0 saturated heterocycles. The predicted molar refractivity (Wildman–Crippen MR) is 42.1 cm³/mol. The second kappa shape index (κ2) is 2.20. The quantitative estimate of drug-likeness (QED) is 0.331. The van der Waals surface area contributed by atoms with Gasteiger partial charge < -0.3 is 10.8 Å². The summed E-state index contributed by atoms with van der Waals surface area (Å²) in [4.78, 5) is 0. The molecule has 0 aromatic rings. The van der Waals surface area contributed by atoms with E-state index >= 15 is 0 Å². The highest BCUT2D eigenvalue weighted by Gasteiger charge is 2.36. The Balaban J connectivity index is 2.86. The highest BCUT2D eigenvalue weighted by atomic mass is 16.3. The monoisotopic (exact) mass is 156 g/mol. The molecule has 1 atom stereocenters. The molecule has 0 radical (unpaired) electrons. The Hall–Kier alpha value is -1.10. The molecule has 0 aliphatic carbocycles. The van der Waals surface area contributed by atoms with Crippen molar-refractivity contribution in [2.45, 2.75) is 26.0 Å². The van der Waals surface area contributed by atoms with E-state index in [-0.39, 0.29) is 5.96 Å². The molecular formula is C6H12N4O. The molecule has 62 valence electrons. The number of hydrogen-bond donors (Lipinski definition) is 3. The summed E-state index contributed by atoms with van der Waals surface area (Å²) in [5.74, 6) is -0.230. The van der Waals surface area contributed by atoms with Gasteiger partial charge in [0, 0.05) is 12.1 Å². The van der Waals surface area contributed by atoms with Gasteiger partial charge in [0.2, 0.25) is 5.96 Å². The molecule has 0 fully saturated rings. The standard InChI is InChI=1S/C6H12N4O/c1-4-3-6(2,11)10(9-4)5(7)8/h11H,3H2,1-2H3,(H3,7,8). The van der Waals surface area contributed by atoms with E-state index in [1.807, 2.05) is 0 Å². The zero-order valence-corrected chi connectivity index (χ0v) is 6.63. The van der Waals surface area contributed by atoms with Crippen LogP contribution < -0.4 is 5.73 Å². The summed E-state index contributed by atoms with van der Waals surface area (Å²) in [5.41, 5.74) is 4.85. The number of nitrogens with zero attached hydrogens (tertiary/aromatic N) is 2. The van der Waals surface area contributed by atoms with E-state index in [4.69, 9.17) is 11.1 Å². The molecule has 1 aliphatic rings. The van der Waals surface area contributed by atoms with Crippen LogP contribution in [-0.2, 0) is 0 Å². The largest absolute Gasteiger partial charge is 0.369 e. The van der Waals surface area contributed by atoms with Crippen molar-refractivity contribution in [1.29, 1.82) is 5.41 Å². The van der Waals surface area contributed by atoms with Gasteiger partial charge in [-0.1, -0.05) is 0 Å². The van der Waals surface area contributed by atoms with Gasteiger partial charge in [-0.25, -0.2) is 5.01 Å². The number of hydrazone groups is 1. The maximum atomic E-state index is 9.59. The highest BCUT2D eigenvalue weighted by molar-refractivity contribution is 5.88. The van der Waals surface area contributed by atoms with Gasteiger partial charge >= 0.3 is 0 Å². The number of aliphatic hydroxyl groups is 1. The first-order chi connectivity index (χ1) is 4.93. The average Bonchev–Trinajstić information content (AvgIpc) is 2.04. The Bertz CT molecular complexity index is 221. The number of hydrogen-bond acceptors (Lipinski definition) is 3. The molecule has 1 aliphatic heterocycles. The van der Waals surface area contributed by atoms with Crippen LogP contribution in [0.5, 0.6) is 0 Å². The van der Waals surface area contributed by atoms with E-state index < -0.39 is 5.72 Å². The molecule has 0 bridgehead atoms. The molecule has 5 heteroatoms. The predicted octanol–water partition coefficient (Wildman–Crippen LogP) is -0.330. The molecular weight excluding hydrogens is 144 g/mol. The molecule has 0 spiro atoms. The van der Waals surface area contributed by atoms with Crippen LogP contribution in [0.3, 0.4) is 0 Å². The van der Waals surface area contributed by atoms with Crippen LogP contribution >= 0.6 is 0 Å². The lowest BCUT2D eigenvalue weighted by atomic mass is 10.1. The maximum Gasteiger partial charge on any atom is 0.211 e. The Kier molecular flexibility index (Phi) is 1.60.